The van der Waals surface area contributed by atoms with Gasteiger partial charge in [-0.15, -0.1) is 0 Å². The first-order valence-corrected chi connectivity index (χ1v) is 9.90. The van der Waals surface area contributed by atoms with Crippen LogP contribution in [0.3, 0.4) is 0 Å². The Morgan fingerprint density at radius 2 is 1.61 bits per heavy atom. The van der Waals surface area contributed by atoms with Crippen molar-refractivity contribution in [1.29, 1.82) is 0 Å². The van der Waals surface area contributed by atoms with Gasteiger partial charge in [0.2, 0.25) is 0 Å². The fourth-order valence-electron chi connectivity index (χ4n) is 4.71. The highest BCUT2D eigenvalue weighted by atomic mass is 16.5. The van der Waals surface area contributed by atoms with Crippen LogP contribution in [0.4, 0.5) is 0 Å². The van der Waals surface area contributed by atoms with E-state index in [-0.39, 0.29) is 18.9 Å². The van der Waals surface area contributed by atoms with E-state index in [0.29, 0.717) is 12.8 Å². The lowest BCUT2D eigenvalue weighted by molar-refractivity contribution is -0.171. The lowest BCUT2D eigenvalue weighted by Gasteiger charge is -2.31. The molecule has 2 aromatic rings. The number of nitrogens with two attached hydrogens (primary N) is 1. The summed E-state index contributed by atoms with van der Waals surface area (Å²) in [5, 5.41) is 9.88. The van der Waals surface area contributed by atoms with Crippen molar-refractivity contribution in [3.63, 3.8) is 0 Å². The third-order valence-electron chi connectivity index (χ3n) is 6.31. The Morgan fingerprint density at radius 1 is 1.00 bits per heavy atom. The number of carboxylic acid groups (broad SMARTS) is 1. The molecule has 28 heavy (non-hydrogen) atoms. The SMILES string of the molecule is N[C@H]1CCCCC[C@@]1(C(=O)O)C(=O)OCC1c2ccccc2-c2ccccc21. The minimum absolute atomic E-state index is 0.0933. The number of carbonyl (C=O) groups excluding carboxylic acids is 1. The van der Waals surface area contributed by atoms with E-state index in [9.17, 15) is 14.7 Å². The van der Waals surface area contributed by atoms with Crippen LogP contribution >= 0.6 is 0 Å². The van der Waals surface area contributed by atoms with Crippen molar-refractivity contribution >= 4 is 11.9 Å². The van der Waals surface area contributed by atoms with Crippen molar-refractivity contribution in [3.8, 4) is 11.1 Å². The minimum Gasteiger partial charge on any atom is -0.480 e. The zero-order chi connectivity index (χ0) is 19.7. The molecule has 0 bridgehead atoms. The van der Waals surface area contributed by atoms with Gasteiger partial charge in [0.05, 0.1) is 0 Å². The summed E-state index contributed by atoms with van der Waals surface area (Å²) >= 11 is 0. The molecule has 4 rings (SSSR count). The van der Waals surface area contributed by atoms with Gasteiger partial charge in [-0.1, -0.05) is 67.8 Å². The Morgan fingerprint density at radius 3 is 2.21 bits per heavy atom. The van der Waals surface area contributed by atoms with E-state index in [2.05, 4.69) is 12.1 Å². The molecular formula is C23H25NO4. The molecule has 1 saturated carbocycles. The van der Waals surface area contributed by atoms with Crippen LogP contribution < -0.4 is 5.73 Å². The number of hydrogen-bond acceptors (Lipinski definition) is 4. The molecule has 2 aliphatic carbocycles. The molecule has 0 heterocycles. The van der Waals surface area contributed by atoms with Crippen LogP contribution in [0, 0.1) is 5.41 Å². The molecule has 0 radical (unpaired) electrons. The molecule has 0 spiro atoms. The molecule has 0 saturated heterocycles. The first-order valence-electron chi connectivity index (χ1n) is 9.90. The summed E-state index contributed by atoms with van der Waals surface area (Å²) < 4.78 is 5.67. The van der Waals surface area contributed by atoms with Crippen molar-refractivity contribution < 1.29 is 19.4 Å². The summed E-state index contributed by atoms with van der Waals surface area (Å²) in [5.41, 5.74) is 9.01. The molecule has 2 aromatic carbocycles. The van der Waals surface area contributed by atoms with E-state index in [1.165, 1.54) is 0 Å². The molecule has 0 unspecified atom stereocenters. The average molecular weight is 379 g/mol. The zero-order valence-electron chi connectivity index (χ0n) is 15.8. The Hall–Kier alpha value is -2.66. The van der Waals surface area contributed by atoms with Crippen molar-refractivity contribution in [2.75, 3.05) is 6.61 Å². The number of carboxylic acids is 1. The summed E-state index contributed by atoms with van der Waals surface area (Å²) in [6, 6.07) is 15.4. The van der Waals surface area contributed by atoms with Crippen LogP contribution in [0.15, 0.2) is 48.5 Å². The molecule has 2 aliphatic rings. The second-order valence-corrected chi connectivity index (χ2v) is 7.81. The Labute approximate surface area is 164 Å². The largest absolute Gasteiger partial charge is 0.480 e. The lowest BCUT2D eigenvalue weighted by atomic mass is 9.76. The highest BCUT2D eigenvalue weighted by Crippen LogP contribution is 2.45. The van der Waals surface area contributed by atoms with Gasteiger partial charge in [0.15, 0.2) is 5.41 Å². The van der Waals surface area contributed by atoms with Crippen molar-refractivity contribution in [2.24, 2.45) is 11.1 Å². The number of ether oxygens (including phenoxy) is 1. The van der Waals surface area contributed by atoms with E-state index >= 15 is 0 Å². The van der Waals surface area contributed by atoms with Gasteiger partial charge in [-0.2, -0.15) is 0 Å². The number of aliphatic carboxylic acids is 1. The number of esters is 1. The quantitative estimate of drug-likeness (QED) is 0.480. The summed E-state index contributed by atoms with van der Waals surface area (Å²) in [7, 11) is 0. The Bertz CT molecular complexity index is 863. The van der Waals surface area contributed by atoms with E-state index in [1.807, 2.05) is 36.4 Å². The highest BCUT2D eigenvalue weighted by Gasteiger charge is 2.53. The van der Waals surface area contributed by atoms with Gasteiger partial charge in [0.25, 0.3) is 0 Å². The Balaban J connectivity index is 1.60. The van der Waals surface area contributed by atoms with E-state index in [0.717, 1.165) is 35.1 Å². The molecular weight excluding hydrogens is 354 g/mol. The molecule has 3 N–H and O–H groups in total. The van der Waals surface area contributed by atoms with Gasteiger partial charge < -0.3 is 15.6 Å². The number of rotatable bonds is 4. The first kappa shape index (κ1) is 18.7. The lowest BCUT2D eigenvalue weighted by Crippen LogP contribution is -2.53. The van der Waals surface area contributed by atoms with Gasteiger partial charge in [-0.3, -0.25) is 9.59 Å². The average Bonchev–Trinajstić information content (AvgIpc) is 2.88. The maximum absolute atomic E-state index is 13.0. The molecule has 0 aliphatic heterocycles. The monoisotopic (exact) mass is 379 g/mol. The molecule has 0 aromatic heterocycles. The van der Waals surface area contributed by atoms with Crippen molar-refractivity contribution in [2.45, 2.75) is 44.1 Å². The topological polar surface area (TPSA) is 89.6 Å². The molecule has 1 fully saturated rings. The van der Waals surface area contributed by atoms with Gasteiger partial charge in [0, 0.05) is 12.0 Å². The summed E-state index contributed by atoms with van der Waals surface area (Å²) in [4.78, 5) is 25.1. The van der Waals surface area contributed by atoms with E-state index < -0.39 is 23.4 Å². The van der Waals surface area contributed by atoms with Crippen LogP contribution in [-0.2, 0) is 14.3 Å². The van der Waals surface area contributed by atoms with Crippen LogP contribution in [0.2, 0.25) is 0 Å². The third kappa shape index (κ3) is 2.90. The van der Waals surface area contributed by atoms with E-state index in [4.69, 9.17) is 10.5 Å². The predicted octanol–water partition coefficient (Wildman–Crippen LogP) is 3.70. The number of fused-ring (bicyclic) bond motifs is 3. The fraction of sp³-hybridized carbons (Fsp3) is 0.391. The van der Waals surface area contributed by atoms with Gasteiger partial charge in [-0.05, 0) is 35.1 Å². The molecule has 0 amide bonds. The molecule has 5 heteroatoms. The van der Waals surface area contributed by atoms with Crippen molar-refractivity contribution in [3.05, 3.63) is 59.7 Å². The number of benzene rings is 2. The zero-order valence-corrected chi connectivity index (χ0v) is 15.8. The van der Waals surface area contributed by atoms with Crippen LogP contribution in [0.5, 0.6) is 0 Å². The second kappa shape index (κ2) is 7.40. The van der Waals surface area contributed by atoms with Crippen LogP contribution in [0.1, 0.15) is 49.1 Å². The maximum atomic E-state index is 13.0. The van der Waals surface area contributed by atoms with E-state index in [1.54, 1.807) is 0 Å². The van der Waals surface area contributed by atoms with Crippen molar-refractivity contribution in [1.82, 2.24) is 0 Å². The maximum Gasteiger partial charge on any atom is 0.325 e. The fourth-order valence-corrected chi connectivity index (χ4v) is 4.71. The van der Waals surface area contributed by atoms with Crippen LogP contribution in [-0.4, -0.2) is 29.7 Å². The minimum atomic E-state index is -1.64. The first-order chi connectivity index (χ1) is 13.6. The normalized spacial score (nSPS) is 24.1. The van der Waals surface area contributed by atoms with Gasteiger partial charge in [0.1, 0.15) is 6.61 Å². The summed E-state index contributed by atoms with van der Waals surface area (Å²) in [6.45, 7) is 0.120. The van der Waals surface area contributed by atoms with Gasteiger partial charge in [-0.25, -0.2) is 0 Å². The van der Waals surface area contributed by atoms with Crippen LogP contribution in [0.25, 0.3) is 11.1 Å². The number of hydrogen-bond donors (Lipinski definition) is 2. The standard InChI is InChI=1S/C23H25NO4/c24-20-12-2-1-7-13-23(20,21(25)26)22(27)28-14-19-17-10-5-3-8-15(17)16-9-4-6-11-18(16)19/h3-6,8-11,19-20H,1-2,7,12-14,24H2,(H,25,26)/t20-,23+/m0/s1. The summed E-state index contributed by atoms with van der Waals surface area (Å²) in [6.07, 6.45) is 3.16. The predicted molar refractivity (Wildman–Crippen MR) is 106 cm³/mol. The third-order valence-corrected chi connectivity index (χ3v) is 6.31. The Kier molecular flexibility index (Phi) is 4.94. The smallest absolute Gasteiger partial charge is 0.325 e. The second-order valence-electron chi connectivity index (χ2n) is 7.81. The van der Waals surface area contributed by atoms with Gasteiger partial charge >= 0.3 is 11.9 Å². The highest BCUT2D eigenvalue weighted by molar-refractivity contribution is 6.00. The molecule has 146 valence electrons. The molecule has 5 nitrogen and oxygen atoms in total. The number of carbonyl (C=O) groups is 2. The molecule has 2 atom stereocenters. The summed E-state index contributed by atoms with van der Waals surface area (Å²) in [5.74, 6) is -1.96.